The fourth-order valence-corrected chi connectivity index (χ4v) is 2.65. The molecule has 19 heavy (non-hydrogen) atoms. The Morgan fingerprint density at radius 3 is 3.16 bits per heavy atom. The number of likely N-dealkylation sites (N-methyl/N-ethyl adjacent to an activating group) is 1. The number of piperidine rings is 1. The molecule has 2 N–H and O–H groups in total. The van der Waals surface area contributed by atoms with Crippen LogP contribution >= 0.6 is 0 Å². The number of H-pyrrole nitrogens is 1. The molecule has 0 bridgehead atoms. The molecule has 7 nitrogen and oxygen atoms in total. The van der Waals surface area contributed by atoms with E-state index in [2.05, 4.69) is 32.4 Å². The average molecular weight is 262 g/mol. The second-order valence-electron chi connectivity index (χ2n) is 4.78. The summed E-state index contributed by atoms with van der Waals surface area (Å²) >= 11 is 0. The summed E-state index contributed by atoms with van der Waals surface area (Å²) in [4.78, 5) is 13.8. The predicted octanol–water partition coefficient (Wildman–Crippen LogP) is -0.00410. The molecule has 1 atom stereocenters. The molecule has 0 saturated carbocycles. The van der Waals surface area contributed by atoms with Gasteiger partial charge in [-0.25, -0.2) is 9.89 Å². The van der Waals surface area contributed by atoms with Crippen molar-refractivity contribution in [2.24, 2.45) is 0 Å². The minimum atomic E-state index is -0.297. The van der Waals surface area contributed by atoms with E-state index in [4.69, 9.17) is 0 Å². The van der Waals surface area contributed by atoms with Gasteiger partial charge in [-0.1, -0.05) is 0 Å². The Labute approximate surface area is 110 Å². The largest absolute Gasteiger partial charge is 0.364 e. The van der Waals surface area contributed by atoms with E-state index >= 15 is 0 Å². The van der Waals surface area contributed by atoms with E-state index in [0.29, 0.717) is 11.7 Å². The Morgan fingerprint density at radius 1 is 1.53 bits per heavy atom. The minimum absolute atomic E-state index is 0.297. The Bertz CT molecular complexity index is 612. The second-order valence-corrected chi connectivity index (χ2v) is 4.78. The highest BCUT2D eigenvalue weighted by Gasteiger charge is 2.21. The lowest BCUT2D eigenvalue weighted by molar-refractivity contribution is 0.432. The molecule has 102 valence electrons. The Morgan fingerprint density at radius 2 is 2.42 bits per heavy atom. The third-order valence-corrected chi connectivity index (χ3v) is 3.61. The van der Waals surface area contributed by atoms with E-state index in [1.54, 1.807) is 0 Å². The number of anilines is 1. The van der Waals surface area contributed by atoms with Crippen molar-refractivity contribution < 1.29 is 0 Å². The van der Waals surface area contributed by atoms with Crippen molar-refractivity contribution in [2.45, 2.75) is 25.8 Å². The van der Waals surface area contributed by atoms with Gasteiger partial charge in [-0.2, -0.15) is 9.61 Å². The number of nitrogens with one attached hydrogen (secondary N) is 2. The van der Waals surface area contributed by atoms with Crippen molar-refractivity contribution in [1.29, 1.82) is 0 Å². The summed E-state index contributed by atoms with van der Waals surface area (Å²) in [5, 5.41) is 14.1. The third-order valence-electron chi connectivity index (χ3n) is 3.61. The summed E-state index contributed by atoms with van der Waals surface area (Å²) in [6, 6.07) is 4.18. The van der Waals surface area contributed by atoms with Gasteiger partial charge in [-0.15, -0.1) is 5.10 Å². The van der Waals surface area contributed by atoms with E-state index in [1.807, 2.05) is 12.1 Å². The molecule has 0 radical (unpaired) electrons. The number of aromatic nitrogens is 4. The summed E-state index contributed by atoms with van der Waals surface area (Å²) in [5.41, 5.74) is 0.251. The van der Waals surface area contributed by atoms with Crippen molar-refractivity contribution in [3.63, 3.8) is 0 Å². The van der Waals surface area contributed by atoms with Crippen molar-refractivity contribution in [3.8, 4) is 0 Å². The highest BCUT2D eigenvalue weighted by atomic mass is 16.2. The zero-order chi connectivity index (χ0) is 13.2. The molecule has 0 aromatic carbocycles. The highest BCUT2D eigenvalue weighted by molar-refractivity contribution is 5.45. The smallest absolute Gasteiger partial charge is 0.351 e. The van der Waals surface area contributed by atoms with E-state index < -0.39 is 0 Å². The summed E-state index contributed by atoms with van der Waals surface area (Å²) < 4.78 is 1.31. The normalized spacial score (nSPS) is 19.7. The maximum atomic E-state index is 11.6. The van der Waals surface area contributed by atoms with E-state index in [1.165, 1.54) is 10.9 Å². The molecular formula is C12H18N6O. The molecular weight excluding hydrogens is 244 g/mol. The number of rotatable bonds is 3. The van der Waals surface area contributed by atoms with Gasteiger partial charge in [0.25, 0.3) is 0 Å². The van der Waals surface area contributed by atoms with Crippen LogP contribution in [0.5, 0.6) is 0 Å². The molecule has 1 saturated heterocycles. The molecule has 2 aromatic rings. The number of aromatic amines is 1. The summed E-state index contributed by atoms with van der Waals surface area (Å²) in [5.74, 6) is 0.826. The van der Waals surface area contributed by atoms with Crippen molar-refractivity contribution in [3.05, 3.63) is 22.6 Å². The summed E-state index contributed by atoms with van der Waals surface area (Å²) in [6.45, 7) is 5.03. The average Bonchev–Trinajstić information content (AvgIpc) is 2.82. The lowest BCUT2D eigenvalue weighted by Gasteiger charge is -2.34. The first-order chi connectivity index (χ1) is 9.29. The molecule has 7 heteroatoms. The number of hydrogen-bond acceptors (Lipinski definition) is 5. The number of nitrogens with zero attached hydrogens (tertiary/aromatic N) is 4. The maximum absolute atomic E-state index is 11.6. The van der Waals surface area contributed by atoms with Crippen LogP contribution in [0.2, 0.25) is 0 Å². The van der Waals surface area contributed by atoms with Gasteiger partial charge in [0.1, 0.15) is 5.82 Å². The zero-order valence-electron chi connectivity index (χ0n) is 11.0. The van der Waals surface area contributed by atoms with Crippen LogP contribution in [0.3, 0.4) is 0 Å². The fourth-order valence-electron chi connectivity index (χ4n) is 2.65. The number of hydrogen-bond donors (Lipinski definition) is 2. The zero-order valence-corrected chi connectivity index (χ0v) is 11.0. The van der Waals surface area contributed by atoms with Crippen LogP contribution in [0.15, 0.2) is 16.9 Å². The predicted molar refractivity (Wildman–Crippen MR) is 72.5 cm³/mol. The first-order valence-electron chi connectivity index (χ1n) is 6.71. The van der Waals surface area contributed by atoms with Crippen LogP contribution in [0.4, 0.5) is 5.82 Å². The second kappa shape index (κ2) is 5.00. The maximum Gasteiger partial charge on any atom is 0.364 e. The lowest BCUT2D eigenvalue weighted by Crippen LogP contribution is -2.46. The molecule has 2 aromatic heterocycles. The van der Waals surface area contributed by atoms with Gasteiger partial charge in [0.2, 0.25) is 0 Å². The van der Waals surface area contributed by atoms with Crippen LogP contribution in [-0.2, 0) is 0 Å². The topological polar surface area (TPSA) is 78.3 Å². The SMILES string of the molecule is CCN(c1ccc2n[nH]c(=O)n2n1)C1CCCNC1. The third kappa shape index (κ3) is 2.21. The molecule has 3 heterocycles. The Kier molecular flexibility index (Phi) is 3.20. The highest BCUT2D eigenvalue weighted by Crippen LogP contribution is 2.18. The standard InChI is InChI=1S/C12H18N6O/c1-2-17(9-4-3-7-13-8-9)11-6-5-10-14-15-12(19)18(10)16-11/h5-6,9,13H,2-4,7-8H2,1H3,(H,15,19). The van der Waals surface area contributed by atoms with E-state index in [0.717, 1.165) is 31.9 Å². The van der Waals surface area contributed by atoms with E-state index in [9.17, 15) is 4.79 Å². The van der Waals surface area contributed by atoms with Crippen LogP contribution in [-0.4, -0.2) is 45.5 Å². The van der Waals surface area contributed by atoms with Gasteiger partial charge in [0.05, 0.1) is 0 Å². The van der Waals surface area contributed by atoms with Gasteiger partial charge in [-0.3, -0.25) is 0 Å². The molecule has 1 fully saturated rings. The number of fused-ring (bicyclic) bond motifs is 1. The monoisotopic (exact) mass is 262 g/mol. The lowest BCUT2D eigenvalue weighted by atomic mass is 10.1. The van der Waals surface area contributed by atoms with Crippen molar-refractivity contribution in [2.75, 3.05) is 24.5 Å². The van der Waals surface area contributed by atoms with E-state index in [-0.39, 0.29) is 5.69 Å². The molecule has 1 unspecified atom stereocenters. The Balaban J connectivity index is 1.95. The fraction of sp³-hybridized carbons (Fsp3) is 0.583. The van der Waals surface area contributed by atoms with Gasteiger partial charge in [0.15, 0.2) is 5.65 Å². The summed E-state index contributed by atoms with van der Waals surface area (Å²) in [7, 11) is 0. The molecule has 1 aliphatic heterocycles. The van der Waals surface area contributed by atoms with Crippen LogP contribution in [0.1, 0.15) is 19.8 Å². The first kappa shape index (κ1) is 12.2. The molecule has 0 aliphatic carbocycles. The van der Waals surface area contributed by atoms with Crippen molar-refractivity contribution in [1.82, 2.24) is 25.1 Å². The van der Waals surface area contributed by atoms with Gasteiger partial charge in [-0.05, 0) is 38.4 Å². The van der Waals surface area contributed by atoms with Crippen molar-refractivity contribution >= 4 is 11.5 Å². The van der Waals surface area contributed by atoms with Gasteiger partial charge >= 0.3 is 5.69 Å². The van der Waals surface area contributed by atoms with Crippen LogP contribution in [0.25, 0.3) is 5.65 Å². The molecule has 0 spiro atoms. The molecule has 1 aliphatic rings. The minimum Gasteiger partial charge on any atom is -0.351 e. The first-order valence-corrected chi connectivity index (χ1v) is 6.71. The van der Waals surface area contributed by atoms with Gasteiger partial charge in [0, 0.05) is 19.1 Å². The molecule has 0 amide bonds. The van der Waals surface area contributed by atoms with Gasteiger partial charge < -0.3 is 10.2 Å². The van der Waals surface area contributed by atoms with Crippen LogP contribution in [0, 0.1) is 0 Å². The Hall–Kier alpha value is -1.89. The molecule has 3 rings (SSSR count). The van der Waals surface area contributed by atoms with Crippen LogP contribution < -0.4 is 15.9 Å². The quantitative estimate of drug-likeness (QED) is 0.814. The summed E-state index contributed by atoms with van der Waals surface area (Å²) in [6.07, 6.45) is 2.33.